The molecule has 1 atom stereocenters. The van der Waals surface area contributed by atoms with Crippen LogP contribution in [0, 0.1) is 17.7 Å². The van der Waals surface area contributed by atoms with Gasteiger partial charge in [0.1, 0.15) is 10.8 Å². The maximum absolute atomic E-state index is 13.8. The van der Waals surface area contributed by atoms with Gasteiger partial charge in [-0.05, 0) is 43.0 Å². The Bertz CT molecular complexity index is 473. The maximum Gasteiger partial charge on any atom is 0.127 e. The van der Waals surface area contributed by atoms with Gasteiger partial charge in [-0.3, -0.25) is 4.90 Å². The molecule has 2 N–H and O–H groups in total. The standard InChI is InChI=1S/C15H21FN2S/c1-10(2)12-5-6-18(8-12)9-13-7-11(15(17)19)3-4-14(13)16/h3-4,7,10,12H,5-6,8-9H2,1-2H3,(H2,17,19). The topological polar surface area (TPSA) is 29.3 Å². The van der Waals surface area contributed by atoms with Crippen molar-refractivity contribution >= 4 is 17.2 Å². The van der Waals surface area contributed by atoms with Gasteiger partial charge in [-0.15, -0.1) is 0 Å². The summed E-state index contributed by atoms with van der Waals surface area (Å²) in [6.45, 7) is 7.24. The Balaban J connectivity index is 2.07. The van der Waals surface area contributed by atoms with Crippen LogP contribution in [-0.4, -0.2) is 23.0 Å². The average Bonchev–Trinajstić information content (AvgIpc) is 2.80. The van der Waals surface area contributed by atoms with Crippen molar-refractivity contribution in [2.75, 3.05) is 13.1 Å². The largest absolute Gasteiger partial charge is 0.389 e. The summed E-state index contributed by atoms with van der Waals surface area (Å²) in [5.74, 6) is 1.24. The van der Waals surface area contributed by atoms with Crippen LogP contribution in [0.25, 0.3) is 0 Å². The predicted octanol–water partition coefficient (Wildman–Crippen LogP) is 2.94. The molecule has 2 nitrogen and oxygen atoms in total. The lowest BCUT2D eigenvalue weighted by atomic mass is 9.95. The molecule has 1 aliphatic heterocycles. The molecule has 1 aliphatic rings. The van der Waals surface area contributed by atoms with Crippen LogP contribution in [0.1, 0.15) is 31.4 Å². The van der Waals surface area contributed by atoms with E-state index in [1.54, 1.807) is 12.1 Å². The van der Waals surface area contributed by atoms with E-state index >= 15 is 0 Å². The van der Waals surface area contributed by atoms with Crippen LogP contribution in [0.5, 0.6) is 0 Å². The van der Waals surface area contributed by atoms with E-state index in [4.69, 9.17) is 18.0 Å². The highest BCUT2D eigenvalue weighted by Gasteiger charge is 2.25. The Morgan fingerprint density at radius 1 is 1.53 bits per heavy atom. The zero-order valence-electron chi connectivity index (χ0n) is 11.5. The fraction of sp³-hybridized carbons (Fsp3) is 0.533. The van der Waals surface area contributed by atoms with Crippen molar-refractivity contribution in [2.45, 2.75) is 26.8 Å². The number of nitrogens with two attached hydrogens (primary N) is 1. The molecule has 0 saturated carbocycles. The summed E-state index contributed by atoms with van der Waals surface area (Å²) < 4.78 is 13.8. The van der Waals surface area contributed by atoms with Crippen molar-refractivity contribution in [2.24, 2.45) is 17.6 Å². The Hall–Kier alpha value is -1.00. The summed E-state index contributed by atoms with van der Waals surface area (Å²) in [5, 5.41) is 0. The zero-order chi connectivity index (χ0) is 14.0. The van der Waals surface area contributed by atoms with Crippen LogP contribution in [0.4, 0.5) is 4.39 Å². The number of hydrogen-bond donors (Lipinski definition) is 1. The third-order valence-corrected chi connectivity index (χ3v) is 4.21. The molecule has 1 unspecified atom stereocenters. The molecular formula is C15H21FN2S. The minimum absolute atomic E-state index is 0.173. The molecule has 2 rings (SSSR count). The highest BCUT2D eigenvalue weighted by molar-refractivity contribution is 7.80. The van der Waals surface area contributed by atoms with E-state index in [0.29, 0.717) is 23.0 Å². The average molecular weight is 280 g/mol. The van der Waals surface area contributed by atoms with Crippen LogP contribution >= 0.6 is 12.2 Å². The lowest BCUT2D eigenvalue weighted by molar-refractivity contribution is 0.293. The highest BCUT2D eigenvalue weighted by atomic mass is 32.1. The van der Waals surface area contributed by atoms with Crippen LogP contribution in [0.3, 0.4) is 0 Å². The minimum Gasteiger partial charge on any atom is -0.389 e. The number of thiocarbonyl (C=S) groups is 1. The quantitative estimate of drug-likeness (QED) is 0.860. The van der Waals surface area contributed by atoms with Gasteiger partial charge < -0.3 is 5.73 Å². The van der Waals surface area contributed by atoms with Gasteiger partial charge in [0.05, 0.1) is 0 Å². The summed E-state index contributed by atoms with van der Waals surface area (Å²) in [6.07, 6.45) is 1.20. The van der Waals surface area contributed by atoms with Gasteiger partial charge in [0, 0.05) is 24.2 Å². The lowest BCUT2D eigenvalue weighted by Gasteiger charge is -2.18. The van der Waals surface area contributed by atoms with Crippen LogP contribution in [0.15, 0.2) is 18.2 Å². The number of benzene rings is 1. The monoisotopic (exact) mass is 280 g/mol. The lowest BCUT2D eigenvalue weighted by Crippen LogP contribution is -2.22. The predicted molar refractivity (Wildman–Crippen MR) is 80.5 cm³/mol. The first-order valence-electron chi connectivity index (χ1n) is 6.78. The van der Waals surface area contributed by atoms with Gasteiger partial charge in [0.25, 0.3) is 0 Å². The molecule has 104 valence electrons. The minimum atomic E-state index is -0.173. The van der Waals surface area contributed by atoms with E-state index in [0.717, 1.165) is 24.6 Å². The first kappa shape index (κ1) is 14.4. The van der Waals surface area contributed by atoms with E-state index in [2.05, 4.69) is 18.7 Å². The molecule has 19 heavy (non-hydrogen) atoms. The summed E-state index contributed by atoms with van der Waals surface area (Å²) in [7, 11) is 0. The molecule has 0 amide bonds. The van der Waals surface area contributed by atoms with Crippen LogP contribution < -0.4 is 5.73 Å². The van der Waals surface area contributed by atoms with E-state index in [9.17, 15) is 4.39 Å². The molecule has 1 aromatic carbocycles. The second-order valence-electron chi connectivity index (χ2n) is 5.70. The number of likely N-dealkylation sites (tertiary alicyclic amines) is 1. The Labute approximate surface area is 119 Å². The van der Waals surface area contributed by atoms with Gasteiger partial charge in [-0.2, -0.15) is 0 Å². The normalized spacial score (nSPS) is 20.1. The summed E-state index contributed by atoms with van der Waals surface area (Å²) in [5.41, 5.74) is 7.03. The van der Waals surface area contributed by atoms with E-state index < -0.39 is 0 Å². The first-order valence-corrected chi connectivity index (χ1v) is 7.18. The van der Waals surface area contributed by atoms with Gasteiger partial charge in [-0.25, -0.2) is 4.39 Å². The molecule has 0 aliphatic carbocycles. The number of rotatable bonds is 4. The molecule has 0 aromatic heterocycles. The molecular weight excluding hydrogens is 259 g/mol. The zero-order valence-corrected chi connectivity index (χ0v) is 12.3. The maximum atomic E-state index is 13.8. The fourth-order valence-electron chi connectivity index (χ4n) is 2.64. The summed E-state index contributed by atoms with van der Waals surface area (Å²) >= 11 is 4.94. The third kappa shape index (κ3) is 3.51. The van der Waals surface area contributed by atoms with Crippen LogP contribution in [-0.2, 0) is 6.54 Å². The fourth-order valence-corrected chi connectivity index (χ4v) is 2.77. The number of hydrogen-bond acceptors (Lipinski definition) is 2. The van der Waals surface area contributed by atoms with E-state index in [1.165, 1.54) is 12.5 Å². The van der Waals surface area contributed by atoms with Gasteiger partial charge in [0.15, 0.2) is 0 Å². The molecule has 4 heteroatoms. The first-order chi connectivity index (χ1) is 8.97. The molecule has 1 fully saturated rings. The van der Waals surface area contributed by atoms with Gasteiger partial charge in [0.2, 0.25) is 0 Å². The van der Waals surface area contributed by atoms with Crippen molar-refractivity contribution in [3.05, 3.63) is 35.1 Å². The second kappa shape index (κ2) is 5.97. The molecule has 0 radical (unpaired) electrons. The molecule has 0 spiro atoms. The molecule has 1 aromatic rings. The smallest absolute Gasteiger partial charge is 0.127 e. The van der Waals surface area contributed by atoms with Gasteiger partial charge in [-0.1, -0.05) is 26.1 Å². The SMILES string of the molecule is CC(C)C1CCN(Cc2cc(C(N)=S)ccc2F)C1. The Morgan fingerprint density at radius 2 is 2.26 bits per heavy atom. The van der Waals surface area contributed by atoms with Crippen molar-refractivity contribution in [1.29, 1.82) is 0 Å². The van der Waals surface area contributed by atoms with Crippen molar-refractivity contribution < 1.29 is 4.39 Å². The van der Waals surface area contributed by atoms with E-state index in [-0.39, 0.29) is 5.82 Å². The molecule has 1 heterocycles. The Kier molecular flexibility index (Phi) is 4.53. The van der Waals surface area contributed by atoms with Crippen LogP contribution in [0.2, 0.25) is 0 Å². The summed E-state index contributed by atoms with van der Waals surface area (Å²) in [6, 6.07) is 4.88. The second-order valence-corrected chi connectivity index (χ2v) is 6.14. The highest BCUT2D eigenvalue weighted by Crippen LogP contribution is 2.25. The van der Waals surface area contributed by atoms with Crippen molar-refractivity contribution in [3.8, 4) is 0 Å². The molecule has 0 bridgehead atoms. The van der Waals surface area contributed by atoms with Gasteiger partial charge >= 0.3 is 0 Å². The number of nitrogens with zero attached hydrogens (tertiary/aromatic N) is 1. The van der Waals surface area contributed by atoms with Crippen molar-refractivity contribution in [3.63, 3.8) is 0 Å². The van der Waals surface area contributed by atoms with Crippen molar-refractivity contribution in [1.82, 2.24) is 4.90 Å². The Morgan fingerprint density at radius 3 is 2.84 bits per heavy atom. The summed E-state index contributed by atoms with van der Waals surface area (Å²) in [4.78, 5) is 2.63. The number of halogens is 1. The third-order valence-electron chi connectivity index (χ3n) is 3.98. The van der Waals surface area contributed by atoms with E-state index in [1.807, 2.05) is 0 Å². The molecule has 1 saturated heterocycles.